The number of carbonyl (C=O) groups is 3. The van der Waals surface area contributed by atoms with E-state index in [0.717, 1.165) is 48.6 Å². The molecule has 2 bridgehead atoms. The molecule has 0 saturated carbocycles. The molecule has 0 N–H and O–H groups in total. The zero-order chi connectivity index (χ0) is 28.6. The van der Waals surface area contributed by atoms with Crippen LogP contribution in [0.1, 0.15) is 114 Å². The number of carbonyl (C=O) groups excluding carboxylic acids is 3. The normalized spacial score (nSPS) is 22.0. The maximum Gasteiger partial charge on any atom is 0.245 e. The number of hydrogen-bond acceptors (Lipinski definition) is 6. The van der Waals surface area contributed by atoms with Crippen LogP contribution in [0.25, 0.3) is 10.9 Å². The topological polar surface area (TPSA) is 90.7 Å². The van der Waals surface area contributed by atoms with E-state index in [2.05, 4.69) is 5.10 Å². The molecule has 3 heterocycles. The van der Waals surface area contributed by atoms with Crippen LogP contribution < -0.4 is 4.74 Å². The molecule has 1 amide bonds. The fourth-order valence-corrected chi connectivity index (χ4v) is 6.20. The Morgan fingerprint density at radius 2 is 1.73 bits per heavy atom. The van der Waals surface area contributed by atoms with Crippen LogP contribution in [0, 0.1) is 0 Å². The summed E-state index contributed by atoms with van der Waals surface area (Å²) < 4.78 is 13.9. The second-order valence-electron chi connectivity index (χ2n) is 11.7. The second kappa shape index (κ2) is 14.2. The highest BCUT2D eigenvalue weighted by Crippen LogP contribution is 2.32. The number of hydrogen-bond donors (Lipinski definition) is 0. The molecule has 2 atom stereocenters. The predicted octanol–water partition coefficient (Wildman–Crippen LogP) is 6.06. The van der Waals surface area contributed by atoms with Gasteiger partial charge in [-0.1, -0.05) is 51.9 Å². The maximum atomic E-state index is 13.8. The number of nitrogens with zero attached hydrogens (tertiary/aromatic N) is 3. The van der Waals surface area contributed by atoms with Gasteiger partial charge in [-0.25, -0.2) is 0 Å². The second-order valence-corrected chi connectivity index (χ2v) is 11.7. The van der Waals surface area contributed by atoms with E-state index in [9.17, 15) is 14.4 Å². The van der Waals surface area contributed by atoms with Crippen molar-refractivity contribution in [1.29, 1.82) is 0 Å². The monoisotopic (exact) mass is 553 g/mol. The minimum absolute atomic E-state index is 0.00657. The van der Waals surface area contributed by atoms with E-state index >= 15 is 0 Å². The van der Waals surface area contributed by atoms with Gasteiger partial charge in [-0.15, -0.1) is 0 Å². The Hall–Kier alpha value is -2.74. The molecule has 220 valence electrons. The first-order chi connectivity index (χ1) is 19.3. The van der Waals surface area contributed by atoms with Crippen LogP contribution in [-0.2, 0) is 27.3 Å². The molecule has 1 saturated heterocycles. The SMILES string of the molecule is CCC(=O)[C@@H]1[C@H]2CCN1C(=O)Cn1nc(C(C)=O)c3cc(OC(C)C)cc(c31)CCCCCCCCCCCO2. The van der Waals surface area contributed by atoms with E-state index in [1.807, 2.05) is 32.9 Å². The van der Waals surface area contributed by atoms with Gasteiger partial charge in [-0.05, 0) is 57.2 Å². The number of amides is 1. The summed E-state index contributed by atoms with van der Waals surface area (Å²) in [5, 5.41) is 5.39. The molecular weight excluding hydrogens is 506 g/mol. The minimum Gasteiger partial charge on any atom is -0.491 e. The maximum absolute atomic E-state index is 13.8. The van der Waals surface area contributed by atoms with Crippen LogP contribution in [0.15, 0.2) is 12.1 Å². The Bertz CT molecular complexity index is 1190. The number of ether oxygens (including phenoxy) is 2. The number of ketones is 2. The van der Waals surface area contributed by atoms with Crippen molar-refractivity contribution in [3.63, 3.8) is 0 Å². The van der Waals surface area contributed by atoms with Crippen LogP contribution >= 0.6 is 0 Å². The molecule has 0 spiro atoms. The highest BCUT2D eigenvalue weighted by molar-refractivity contribution is 6.06. The van der Waals surface area contributed by atoms with Crippen LogP contribution in [-0.4, -0.2) is 63.6 Å². The summed E-state index contributed by atoms with van der Waals surface area (Å²) in [6, 6.07) is 3.36. The third-order valence-corrected chi connectivity index (χ3v) is 8.15. The minimum atomic E-state index is -0.567. The van der Waals surface area contributed by atoms with Crippen molar-refractivity contribution in [2.75, 3.05) is 13.2 Å². The highest BCUT2D eigenvalue weighted by Gasteiger charge is 2.41. The van der Waals surface area contributed by atoms with E-state index < -0.39 is 6.04 Å². The molecule has 2 aromatic rings. The summed E-state index contributed by atoms with van der Waals surface area (Å²) in [6.07, 6.45) is 12.0. The lowest BCUT2D eigenvalue weighted by atomic mass is 10.0. The molecular formula is C32H47N3O5. The Morgan fingerprint density at radius 1 is 1.05 bits per heavy atom. The summed E-state index contributed by atoms with van der Waals surface area (Å²) in [7, 11) is 0. The van der Waals surface area contributed by atoms with Gasteiger partial charge in [0.25, 0.3) is 0 Å². The number of aromatic nitrogens is 2. The lowest BCUT2D eigenvalue weighted by molar-refractivity contribution is -0.141. The van der Waals surface area contributed by atoms with Crippen molar-refractivity contribution in [3.8, 4) is 5.75 Å². The van der Waals surface area contributed by atoms with Gasteiger partial charge in [0, 0.05) is 31.9 Å². The molecule has 2 aliphatic rings. The first-order valence-electron chi connectivity index (χ1n) is 15.4. The predicted molar refractivity (Wildman–Crippen MR) is 156 cm³/mol. The highest BCUT2D eigenvalue weighted by atomic mass is 16.5. The van der Waals surface area contributed by atoms with Gasteiger partial charge in [0.05, 0.1) is 17.7 Å². The molecule has 0 radical (unpaired) electrons. The number of aryl methyl sites for hydroxylation is 1. The first-order valence-corrected chi connectivity index (χ1v) is 15.4. The van der Waals surface area contributed by atoms with E-state index in [0.29, 0.717) is 37.4 Å². The van der Waals surface area contributed by atoms with E-state index in [-0.39, 0.29) is 36.2 Å². The number of fused-ring (bicyclic) bond motifs is 2. The molecule has 1 fully saturated rings. The van der Waals surface area contributed by atoms with Crippen molar-refractivity contribution >= 4 is 28.4 Å². The van der Waals surface area contributed by atoms with Crippen LogP contribution in [0.3, 0.4) is 0 Å². The molecule has 8 nitrogen and oxygen atoms in total. The number of rotatable bonds is 5. The van der Waals surface area contributed by atoms with Crippen molar-refractivity contribution in [2.24, 2.45) is 0 Å². The average molecular weight is 554 g/mol. The largest absolute Gasteiger partial charge is 0.491 e. The van der Waals surface area contributed by atoms with Gasteiger partial charge in [0.2, 0.25) is 5.91 Å². The lowest BCUT2D eigenvalue weighted by Gasteiger charge is -2.27. The van der Waals surface area contributed by atoms with Crippen LogP contribution in [0.2, 0.25) is 0 Å². The van der Waals surface area contributed by atoms with Gasteiger partial charge < -0.3 is 14.4 Å². The summed E-state index contributed by atoms with van der Waals surface area (Å²) in [4.78, 5) is 41.2. The molecule has 2 aliphatic heterocycles. The van der Waals surface area contributed by atoms with E-state index in [4.69, 9.17) is 9.47 Å². The fraction of sp³-hybridized carbons (Fsp3) is 0.688. The number of benzene rings is 1. The van der Waals surface area contributed by atoms with E-state index in [1.54, 1.807) is 9.58 Å². The zero-order valence-corrected chi connectivity index (χ0v) is 24.9. The van der Waals surface area contributed by atoms with Gasteiger partial charge in [-0.2, -0.15) is 5.10 Å². The summed E-state index contributed by atoms with van der Waals surface area (Å²) in [6.45, 7) is 8.40. The third-order valence-electron chi connectivity index (χ3n) is 8.15. The van der Waals surface area contributed by atoms with Gasteiger partial charge in [-0.3, -0.25) is 19.1 Å². The third kappa shape index (κ3) is 7.31. The smallest absolute Gasteiger partial charge is 0.245 e. The molecule has 0 aliphatic carbocycles. The molecule has 1 aromatic carbocycles. The molecule has 4 rings (SSSR count). The molecule has 0 unspecified atom stereocenters. The summed E-state index contributed by atoms with van der Waals surface area (Å²) >= 11 is 0. The molecule has 1 aromatic heterocycles. The fourth-order valence-electron chi connectivity index (χ4n) is 6.20. The lowest BCUT2D eigenvalue weighted by Crippen LogP contribution is -2.47. The Labute approximate surface area is 238 Å². The van der Waals surface area contributed by atoms with Crippen molar-refractivity contribution < 1.29 is 23.9 Å². The Morgan fingerprint density at radius 3 is 2.38 bits per heavy atom. The van der Waals surface area contributed by atoms with Crippen LogP contribution in [0.4, 0.5) is 0 Å². The summed E-state index contributed by atoms with van der Waals surface area (Å²) in [5.41, 5.74) is 2.20. The first kappa shape index (κ1) is 30.2. The van der Waals surface area contributed by atoms with Gasteiger partial charge in [0.1, 0.15) is 24.0 Å². The van der Waals surface area contributed by atoms with E-state index in [1.165, 1.54) is 39.0 Å². The van der Waals surface area contributed by atoms with Gasteiger partial charge in [0.15, 0.2) is 11.6 Å². The molecule has 40 heavy (non-hydrogen) atoms. The van der Waals surface area contributed by atoms with Crippen molar-refractivity contribution in [3.05, 3.63) is 23.4 Å². The summed E-state index contributed by atoms with van der Waals surface area (Å²) in [5.74, 6) is 0.431. The van der Waals surface area contributed by atoms with Crippen molar-refractivity contribution in [2.45, 2.75) is 130 Å². The average Bonchev–Trinajstić information content (AvgIpc) is 3.50. The Kier molecular flexibility index (Phi) is 10.8. The number of Topliss-reactive ketones (excluding diaryl/α,β-unsaturated/α-hetero) is 2. The van der Waals surface area contributed by atoms with Crippen molar-refractivity contribution in [1.82, 2.24) is 14.7 Å². The molecule has 8 heteroatoms. The van der Waals surface area contributed by atoms with Crippen LogP contribution in [0.5, 0.6) is 5.75 Å². The standard InChI is InChI=1S/C32H47N3O5/c1-5-27(37)32-28-16-17-34(32)29(38)21-35-31-24(15-13-11-9-7-6-8-10-12-14-18-39-28)19-25(40-22(2)3)20-26(31)30(33-35)23(4)36/h19-20,22,28,32H,5-18,21H2,1-4H3/t28-,32-/m1/s1. The van der Waals surface area contributed by atoms with Gasteiger partial charge >= 0.3 is 0 Å². The quantitative estimate of drug-likeness (QED) is 0.418. The Balaban J connectivity index is 1.71. The zero-order valence-electron chi connectivity index (χ0n) is 24.9.